The van der Waals surface area contributed by atoms with E-state index in [1.165, 1.54) is 38.5 Å². The molecule has 0 aliphatic carbocycles. The molecule has 0 spiro atoms. The molecule has 0 aromatic rings. The summed E-state index contributed by atoms with van der Waals surface area (Å²) in [6.45, 7) is 5.32. The Bertz CT molecular complexity index is 207. The molecule has 0 aromatic carbocycles. The molecule has 0 radical (unpaired) electrons. The molecule has 1 fully saturated rings. The number of ketones is 1. The van der Waals surface area contributed by atoms with Crippen molar-refractivity contribution in [2.45, 2.75) is 77.2 Å². The van der Waals surface area contributed by atoms with Crippen LogP contribution in [-0.2, 0) is 4.79 Å². The summed E-state index contributed by atoms with van der Waals surface area (Å²) in [4.78, 5) is 12.1. The first-order valence-corrected chi connectivity index (χ1v) is 6.97. The zero-order valence-electron chi connectivity index (χ0n) is 11.0. The number of nitrogens with one attached hydrogen (secondary N) is 1. The minimum atomic E-state index is -0.205. The summed E-state index contributed by atoms with van der Waals surface area (Å²) in [7, 11) is 0. The van der Waals surface area contributed by atoms with Gasteiger partial charge in [0.1, 0.15) is 0 Å². The van der Waals surface area contributed by atoms with E-state index < -0.39 is 0 Å². The SMILES string of the molecule is CCCCCCCC(=O)C1(C)CCCCN1. The van der Waals surface area contributed by atoms with E-state index in [4.69, 9.17) is 0 Å². The van der Waals surface area contributed by atoms with E-state index in [-0.39, 0.29) is 5.54 Å². The second-order valence-electron chi connectivity index (χ2n) is 5.30. The van der Waals surface area contributed by atoms with Gasteiger partial charge in [-0.2, -0.15) is 0 Å². The van der Waals surface area contributed by atoms with Crippen LogP contribution < -0.4 is 5.32 Å². The highest BCUT2D eigenvalue weighted by molar-refractivity contribution is 5.88. The molecule has 0 aromatic heterocycles. The maximum absolute atomic E-state index is 12.1. The normalized spacial score (nSPS) is 25.6. The first-order valence-electron chi connectivity index (χ1n) is 6.97. The highest BCUT2D eigenvalue weighted by Crippen LogP contribution is 2.22. The number of Topliss-reactive ketones (excluding diaryl/α,β-unsaturated/α-hetero) is 1. The third kappa shape index (κ3) is 4.25. The van der Waals surface area contributed by atoms with Gasteiger partial charge in [0, 0.05) is 6.42 Å². The Morgan fingerprint density at radius 2 is 1.94 bits per heavy atom. The van der Waals surface area contributed by atoms with Crippen molar-refractivity contribution in [1.29, 1.82) is 0 Å². The molecule has 1 heterocycles. The molecule has 1 saturated heterocycles. The van der Waals surface area contributed by atoms with E-state index in [1.54, 1.807) is 0 Å². The standard InChI is InChI=1S/C14H27NO/c1-3-4-5-6-7-10-13(16)14(2)11-8-9-12-15-14/h15H,3-12H2,1-2H3. The first-order chi connectivity index (χ1) is 7.69. The number of carbonyl (C=O) groups excluding carboxylic acids is 1. The predicted octanol–water partition coefficient (Wildman–Crippen LogP) is 3.45. The van der Waals surface area contributed by atoms with Crippen molar-refractivity contribution in [3.8, 4) is 0 Å². The van der Waals surface area contributed by atoms with Gasteiger partial charge < -0.3 is 5.32 Å². The lowest BCUT2D eigenvalue weighted by Gasteiger charge is -2.33. The molecule has 2 heteroatoms. The molecule has 0 saturated carbocycles. The third-order valence-electron chi connectivity index (χ3n) is 3.74. The van der Waals surface area contributed by atoms with E-state index in [9.17, 15) is 4.79 Å². The summed E-state index contributed by atoms with van der Waals surface area (Å²) in [6.07, 6.45) is 10.4. The molecule has 1 N–H and O–H groups in total. The largest absolute Gasteiger partial charge is 0.305 e. The Labute approximate surface area is 100 Å². The van der Waals surface area contributed by atoms with Crippen LogP contribution in [0.4, 0.5) is 0 Å². The second kappa shape index (κ2) is 7.05. The van der Waals surface area contributed by atoms with Gasteiger partial charge in [-0.1, -0.05) is 32.6 Å². The zero-order chi connectivity index (χ0) is 11.9. The van der Waals surface area contributed by atoms with Crippen LogP contribution in [0.3, 0.4) is 0 Å². The monoisotopic (exact) mass is 225 g/mol. The van der Waals surface area contributed by atoms with Crippen LogP contribution >= 0.6 is 0 Å². The van der Waals surface area contributed by atoms with Crippen LogP contribution in [0, 0.1) is 0 Å². The topological polar surface area (TPSA) is 29.1 Å². The quantitative estimate of drug-likeness (QED) is 0.672. The van der Waals surface area contributed by atoms with Crippen LogP contribution in [0.2, 0.25) is 0 Å². The molecule has 16 heavy (non-hydrogen) atoms. The fourth-order valence-electron chi connectivity index (χ4n) is 2.46. The number of carbonyl (C=O) groups is 1. The number of hydrogen-bond acceptors (Lipinski definition) is 2. The molecular weight excluding hydrogens is 198 g/mol. The average Bonchev–Trinajstić information content (AvgIpc) is 2.29. The third-order valence-corrected chi connectivity index (χ3v) is 3.74. The number of unbranched alkanes of at least 4 members (excludes halogenated alkanes) is 4. The van der Waals surface area contributed by atoms with Gasteiger partial charge in [0.05, 0.1) is 5.54 Å². The average molecular weight is 225 g/mol. The molecule has 0 bridgehead atoms. The van der Waals surface area contributed by atoms with Crippen molar-refractivity contribution in [3.63, 3.8) is 0 Å². The highest BCUT2D eigenvalue weighted by atomic mass is 16.1. The number of hydrogen-bond donors (Lipinski definition) is 1. The number of piperidine rings is 1. The summed E-state index contributed by atoms with van der Waals surface area (Å²) >= 11 is 0. The maximum Gasteiger partial charge on any atom is 0.152 e. The summed E-state index contributed by atoms with van der Waals surface area (Å²) in [5, 5.41) is 3.40. The molecule has 1 aliphatic heterocycles. The first kappa shape index (κ1) is 13.7. The van der Waals surface area contributed by atoms with Gasteiger partial charge >= 0.3 is 0 Å². The van der Waals surface area contributed by atoms with Gasteiger partial charge in [0.25, 0.3) is 0 Å². The summed E-state index contributed by atoms with van der Waals surface area (Å²) in [5.74, 6) is 0.434. The maximum atomic E-state index is 12.1. The van der Waals surface area contributed by atoms with Gasteiger partial charge in [0.2, 0.25) is 0 Å². The van der Waals surface area contributed by atoms with Crippen molar-refractivity contribution in [1.82, 2.24) is 5.32 Å². The van der Waals surface area contributed by atoms with Gasteiger partial charge in [0.15, 0.2) is 5.78 Å². The van der Waals surface area contributed by atoms with E-state index in [0.29, 0.717) is 5.78 Å². The van der Waals surface area contributed by atoms with E-state index in [1.807, 2.05) is 0 Å². The van der Waals surface area contributed by atoms with Gasteiger partial charge in [-0.05, 0) is 39.2 Å². The van der Waals surface area contributed by atoms with Crippen LogP contribution in [0.5, 0.6) is 0 Å². The molecule has 94 valence electrons. The lowest BCUT2D eigenvalue weighted by molar-refractivity contribution is -0.125. The molecule has 1 atom stereocenters. The Balaban J connectivity index is 2.18. The van der Waals surface area contributed by atoms with Gasteiger partial charge in [-0.15, -0.1) is 0 Å². The lowest BCUT2D eigenvalue weighted by Crippen LogP contribution is -2.52. The van der Waals surface area contributed by atoms with Crippen LogP contribution in [0.15, 0.2) is 0 Å². The molecule has 1 aliphatic rings. The molecule has 1 unspecified atom stereocenters. The van der Waals surface area contributed by atoms with Crippen molar-refractivity contribution in [2.24, 2.45) is 0 Å². The van der Waals surface area contributed by atoms with Crippen LogP contribution in [-0.4, -0.2) is 17.9 Å². The van der Waals surface area contributed by atoms with Crippen molar-refractivity contribution >= 4 is 5.78 Å². The molecular formula is C14H27NO. The Morgan fingerprint density at radius 3 is 2.56 bits per heavy atom. The van der Waals surface area contributed by atoms with Crippen molar-refractivity contribution < 1.29 is 4.79 Å². The van der Waals surface area contributed by atoms with E-state index in [2.05, 4.69) is 19.2 Å². The highest BCUT2D eigenvalue weighted by Gasteiger charge is 2.32. The Kier molecular flexibility index (Phi) is 6.04. The lowest BCUT2D eigenvalue weighted by atomic mass is 9.84. The summed E-state index contributed by atoms with van der Waals surface area (Å²) < 4.78 is 0. The predicted molar refractivity (Wildman–Crippen MR) is 68.6 cm³/mol. The Hall–Kier alpha value is -0.370. The Morgan fingerprint density at radius 1 is 1.19 bits per heavy atom. The fourth-order valence-corrected chi connectivity index (χ4v) is 2.46. The summed E-state index contributed by atoms with van der Waals surface area (Å²) in [5.41, 5.74) is -0.205. The minimum absolute atomic E-state index is 0.205. The van der Waals surface area contributed by atoms with E-state index >= 15 is 0 Å². The van der Waals surface area contributed by atoms with Crippen LogP contribution in [0.25, 0.3) is 0 Å². The number of rotatable bonds is 7. The second-order valence-corrected chi connectivity index (χ2v) is 5.30. The van der Waals surface area contributed by atoms with Gasteiger partial charge in [-0.3, -0.25) is 4.79 Å². The van der Waals surface area contributed by atoms with Gasteiger partial charge in [-0.25, -0.2) is 0 Å². The summed E-state index contributed by atoms with van der Waals surface area (Å²) in [6, 6.07) is 0. The smallest absolute Gasteiger partial charge is 0.152 e. The zero-order valence-corrected chi connectivity index (χ0v) is 11.0. The fraction of sp³-hybridized carbons (Fsp3) is 0.929. The van der Waals surface area contributed by atoms with Crippen LogP contribution in [0.1, 0.15) is 71.6 Å². The molecule has 0 amide bonds. The minimum Gasteiger partial charge on any atom is -0.305 e. The molecule has 1 rings (SSSR count). The van der Waals surface area contributed by atoms with Crippen molar-refractivity contribution in [2.75, 3.05) is 6.54 Å². The van der Waals surface area contributed by atoms with Crippen molar-refractivity contribution in [3.05, 3.63) is 0 Å². The van der Waals surface area contributed by atoms with E-state index in [0.717, 1.165) is 25.8 Å². The molecule has 2 nitrogen and oxygen atoms in total.